The van der Waals surface area contributed by atoms with E-state index < -0.39 is 35.9 Å². The van der Waals surface area contributed by atoms with Gasteiger partial charge in [0.1, 0.15) is 5.82 Å². The minimum absolute atomic E-state index is 0.245. The van der Waals surface area contributed by atoms with E-state index in [0.29, 0.717) is 28.7 Å². The van der Waals surface area contributed by atoms with Crippen LogP contribution in [-0.4, -0.2) is 44.8 Å². The third kappa shape index (κ3) is 5.61. The molecule has 186 valence electrons. The van der Waals surface area contributed by atoms with Crippen LogP contribution in [0.1, 0.15) is 56.6 Å². The number of halogens is 4. The van der Waals surface area contributed by atoms with E-state index in [9.17, 15) is 22.7 Å². The number of hydrogen-bond acceptors (Lipinski definition) is 3. The maximum atomic E-state index is 14.2. The summed E-state index contributed by atoms with van der Waals surface area (Å²) < 4.78 is 56.5. The van der Waals surface area contributed by atoms with Crippen molar-refractivity contribution in [1.29, 1.82) is 0 Å². The Kier molecular flexibility index (Phi) is 7.43. The number of nitrogens with one attached hydrogen (secondary N) is 1. The number of pyridine rings is 1. The van der Waals surface area contributed by atoms with Gasteiger partial charge in [0.25, 0.3) is 0 Å². The average molecular weight is 480 g/mol. The van der Waals surface area contributed by atoms with Crippen LogP contribution < -0.4 is 0 Å². The Hall–Kier alpha value is -2.45. The molecular weight excluding hydrogens is 446 g/mol. The summed E-state index contributed by atoms with van der Waals surface area (Å²) in [6.45, 7) is 11.4. The van der Waals surface area contributed by atoms with Gasteiger partial charge in [-0.2, -0.15) is 13.2 Å². The fraction of sp³-hybridized carbons (Fsp3) is 0.500. The standard InChI is InChI=1S/C26H33F4N3O/c1-6-33(7-2)15-19-10-11-22-23(31-19)13-20(32-22)14-25(34,26(28,29)30)16-24(4,5)21-12-18(27)9-8-17(21)3/h8-13,32,34H,6-7,14-16H2,1-5H3. The molecule has 0 saturated heterocycles. The molecule has 8 heteroatoms. The highest BCUT2D eigenvalue weighted by Gasteiger charge is 2.56. The predicted molar refractivity (Wildman–Crippen MR) is 126 cm³/mol. The largest absolute Gasteiger partial charge is 0.417 e. The number of aryl methyl sites for hydroxylation is 1. The number of fused-ring (bicyclic) bond motifs is 1. The molecule has 0 amide bonds. The molecule has 3 rings (SSSR count). The topological polar surface area (TPSA) is 52.2 Å². The number of H-pyrrole nitrogens is 1. The highest BCUT2D eigenvalue weighted by atomic mass is 19.4. The van der Waals surface area contributed by atoms with Crippen LogP contribution in [0.3, 0.4) is 0 Å². The van der Waals surface area contributed by atoms with Crippen LogP contribution in [0.4, 0.5) is 17.6 Å². The summed E-state index contributed by atoms with van der Waals surface area (Å²) in [5.74, 6) is -0.522. The van der Waals surface area contributed by atoms with Crippen LogP contribution in [0.25, 0.3) is 11.0 Å². The monoisotopic (exact) mass is 479 g/mol. The van der Waals surface area contributed by atoms with E-state index in [4.69, 9.17) is 0 Å². The highest BCUT2D eigenvalue weighted by molar-refractivity contribution is 5.76. The Bertz CT molecular complexity index is 1130. The van der Waals surface area contributed by atoms with Crippen LogP contribution in [0.2, 0.25) is 0 Å². The lowest BCUT2D eigenvalue weighted by Crippen LogP contribution is -2.51. The molecule has 0 bridgehead atoms. The summed E-state index contributed by atoms with van der Waals surface area (Å²) in [6.07, 6.45) is -6.16. The van der Waals surface area contributed by atoms with Crippen molar-refractivity contribution < 1.29 is 22.7 Å². The van der Waals surface area contributed by atoms with Gasteiger partial charge >= 0.3 is 6.18 Å². The normalized spacial score (nSPS) is 14.7. The van der Waals surface area contributed by atoms with Crippen molar-refractivity contribution in [2.75, 3.05) is 13.1 Å². The van der Waals surface area contributed by atoms with Gasteiger partial charge in [-0.25, -0.2) is 9.37 Å². The van der Waals surface area contributed by atoms with Gasteiger partial charge in [-0.3, -0.25) is 4.90 Å². The molecule has 0 aliphatic heterocycles. The van der Waals surface area contributed by atoms with Gasteiger partial charge in [0.15, 0.2) is 5.60 Å². The van der Waals surface area contributed by atoms with Crippen molar-refractivity contribution in [2.45, 2.75) is 71.2 Å². The molecule has 4 nitrogen and oxygen atoms in total. The van der Waals surface area contributed by atoms with Crippen molar-refractivity contribution in [3.05, 3.63) is 64.7 Å². The number of alkyl halides is 3. The van der Waals surface area contributed by atoms with Gasteiger partial charge in [-0.15, -0.1) is 0 Å². The molecule has 1 atom stereocenters. The smallest absolute Gasteiger partial charge is 0.380 e. The Morgan fingerprint density at radius 3 is 2.32 bits per heavy atom. The third-order valence-corrected chi connectivity index (χ3v) is 6.54. The molecule has 1 unspecified atom stereocenters. The number of aliphatic hydroxyl groups is 1. The summed E-state index contributed by atoms with van der Waals surface area (Å²) in [5, 5.41) is 11.0. The maximum absolute atomic E-state index is 14.2. The molecule has 1 aromatic carbocycles. The fourth-order valence-electron chi connectivity index (χ4n) is 4.69. The quantitative estimate of drug-likeness (QED) is 0.367. The van der Waals surface area contributed by atoms with Crippen LogP contribution in [0, 0.1) is 12.7 Å². The second kappa shape index (κ2) is 9.66. The van der Waals surface area contributed by atoms with Crippen LogP contribution in [0.5, 0.6) is 0 Å². The van der Waals surface area contributed by atoms with Crippen molar-refractivity contribution in [1.82, 2.24) is 14.9 Å². The summed E-state index contributed by atoms with van der Waals surface area (Å²) in [4.78, 5) is 9.77. The molecule has 0 fully saturated rings. The van der Waals surface area contributed by atoms with E-state index in [1.165, 1.54) is 18.2 Å². The minimum atomic E-state index is -4.88. The van der Waals surface area contributed by atoms with Gasteiger partial charge in [-0.05, 0) is 73.3 Å². The lowest BCUT2D eigenvalue weighted by atomic mass is 9.72. The first-order chi connectivity index (χ1) is 15.8. The van der Waals surface area contributed by atoms with Crippen molar-refractivity contribution in [2.24, 2.45) is 0 Å². The Morgan fingerprint density at radius 1 is 1.03 bits per heavy atom. The van der Waals surface area contributed by atoms with E-state index in [2.05, 4.69) is 28.7 Å². The van der Waals surface area contributed by atoms with Crippen molar-refractivity contribution in [3.63, 3.8) is 0 Å². The van der Waals surface area contributed by atoms with Crippen LogP contribution in [0.15, 0.2) is 36.4 Å². The molecule has 2 heterocycles. The van der Waals surface area contributed by atoms with Gasteiger partial charge in [0.2, 0.25) is 0 Å². The molecule has 3 aromatic rings. The second-order valence-electron chi connectivity index (χ2n) is 9.72. The van der Waals surface area contributed by atoms with Crippen LogP contribution in [-0.2, 0) is 18.4 Å². The molecule has 0 aliphatic rings. The fourth-order valence-corrected chi connectivity index (χ4v) is 4.69. The lowest BCUT2D eigenvalue weighted by Gasteiger charge is -2.38. The number of aromatic amines is 1. The Balaban J connectivity index is 1.92. The first-order valence-electron chi connectivity index (χ1n) is 11.5. The summed E-state index contributed by atoms with van der Waals surface area (Å²) >= 11 is 0. The lowest BCUT2D eigenvalue weighted by molar-refractivity contribution is -0.266. The second-order valence-corrected chi connectivity index (χ2v) is 9.72. The third-order valence-electron chi connectivity index (χ3n) is 6.54. The molecule has 2 N–H and O–H groups in total. The van der Waals surface area contributed by atoms with E-state index in [1.807, 2.05) is 6.07 Å². The molecule has 0 radical (unpaired) electrons. The molecule has 34 heavy (non-hydrogen) atoms. The van der Waals surface area contributed by atoms with Crippen molar-refractivity contribution >= 4 is 11.0 Å². The highest BCUT2D eigenvalue weighted by Crippen LogP contribution is 2.43. The molecule has 0 spiro atoms. The zero-order chi connectivity index (χ0) is 25.3. The first kappa shape index (κ1) is 26.2. The SMILES string of the molecule is CCN(CC)Cc1ccc2[nH]c(CC(O)(CC(C)(C)c3cc(F)ccc3C)C(F)(F)F)cc2n1. The van der Waals surface area contributed by atoms with E-state index in [1.54, 1.807) is 32.9 Å². The summed E-state index contributed by atoms with van der Waals surface area (Å²) in [5.41, 5.74) is -0.782. The predicted octanol–water partition coefficient (Wildman–Crippen LogP) is 6.06. The average Bonchev–Trinajstić information content (AvgIpc) is 3.13. The molecule has 0 saturated carbocycles. The maximum Gasteiger partial charge on any atom is 0.417 e. The summed E-state index contributed by atoms with van der Waals surface area (Å²) in [6, 6.07) is 9.29. The zero-order valence-corrected chi connectivity index (χ0v) is 20.4. The number of hydrogen-bond donors (Lipinski definition) is 2. The van der Waals surface area contributed by atoms with Crippen LogP contribution >= 0.6 is 0 Å². The number of aromatic nitrogens is 2. The molecule has 0 aliphatic carbocycles. The van der Waals surface area contributed by atoms with E-state index >= 15 is 0 Å². The minimum Gasteiger partial charge on any atom is -0.380 e. The van der Waals surface area contributed by atoms with Gasteiger partial charge in [0.05, 0.1) is 16.7 Å². The zero-order valence-electron chi connectivity index (χ0n) is 20.4. The van der Waals surface area contributed by atoms with Gasteiger partial charge in [-0.1, -0.05) is 33.8 Å². The summed E-state index contributed by atoms with van der Waals surface area (Å²) in [7, 11) is 0. The van der Waals surface area contributed by atoms with E-state index in [-0.39, 0.29) is 5.69 Å². The van der Waals surface area contributed by atoms with E-state index in [0.717, 1.165) is 18.8 Å². The first-order valence-corrected chi connectivity index (χ1v) is 11.5. The number of benzene rings is 1. The van der Waals surface area contributed by atoms with Crippen molar-refractivity contribution in [3.8, 4) is 0 Å². The van der Waals surface area contributed by atoms with Gasteiger partial charge < -0.3 is 10.1 Å². The molecule has 2 aromatic heterocycles. The number of rotatable bonds is 9. The Labute approximate surface area is 198 Å². The number of nitrogens with zero attached hydrogens (tertiary/aromatic N) is 2. The van der Waals surface area contributed by atoms with Gasteiger partial charge in [0, 0.05) is 18.7 Å². The molecular formula is C26H33F4N3O. The Morgan fingerprint density at radius 2 is 1.71 bits per heavy atom.